The normalized spacial score (nSPS) is 11.6. The first-order chi connectivity index (χ1) is 15.5. The minimum Gasteiger partial charge on any atom is -0.324 e. The van der Waals surface area contributed by atoms with E-state index in [1.54, 1.807) is 24.3 Å². The van der Waals surface area contributed by atoms with Crippen LogP contribution < -0.4 is 5.32 Å². The maximum Gasteiger partial charge on any atom is 0.243 e. The molecular formula is C23H20Br2Cl2N2O3S. The highest BCUT2D eigenvalue weighted by Crippen LogP contribution is 2.27. The number of benzene rings is 3. The van der Waals surface area contributed by atoms with Crippen LogP contribution in [0.1, 0.15) is 16.7 Å². The molecule has 0 saturated heterocycles. The zero-order valence-corrected chi connectivity index (χ0v) is 23.2. The van der Waals surface area contributed by atoms with Gasteiger partial charge in [-0.2, -0.15) is 4.31 Å². The molecule has 5 nitrogen and oxygen atoms in total. The van der Waals surface area contributed by atoms with Crippen LogP contribution in [0.4, 0.5) is 5.69 Å². The second-order valence-electron chi connectivity index (χ2n) is 7.43. The third kappa shape index (κ3) is 6.59. The topological polar surface area (TPSA) is 66.5 Å². The summed E-state index contributed by atoms with van der Waals surface area (Å²) < 4.78 is 29.6. The number of hydrogen-bond donors (Lipinski definition) is 1. The summed E-state index contributed by atoms with van der Waals surface area (Å²) in [5.74, 6) is -0.464. The maximum absolute atomic E-state index is 13.4. The highest BCUT2D eigenvalue weighted by Gasteiger charge is 2.28. The summed E-state index contributed by atoms with van der Waals surface area (Å²) in [5.41, 5.74) is 2.90. The standard InChI is InChI=1S/C23H20Br2Cl2N2O3S/c1-14-9-18(25)10-15(2)23(14)28-22(30)13-29(12-16-3-6-19(26)11-21(16)27)33(31,32)20-7-4-17(24)5-8-20/h3-11H,12-13H2,1-2H3,(H,28,30). The Labute approximate surface area is 220 Å². The van der Waals surface area contributed by atoms with E-state index in [2.05, 4.69) is 37.2 Å². The molecule has 0 aliphatic rings. The van der Waals surface area contributed by atoms with Crippen LogP contribution >= 0.6 is 55.1 Å². The number of sulfonamides is 1. The molecule has 33 heavy (non-hydrogen) atoms. The molecule has 3 rings (SSSR count). The van der Waals surface area contributed by atoms with Crippen molar-refractivity contribution in [1.82, 2.24) is 4.31 Å². The molecule has 1 N–H and O–H groups in total. The van der Waals surface area contributed by atoms with Crippen molar-refractivity contribution in [3.8, 4) is 0 Å². The molecule has 0 bridgehead atoms. The Morgan fingerprint density at radius 1 is 0.939 bits per heavy atom. The van der Waals surface area contributed by atoms with Gasteiger partial charge in [-0.15, -0.1) is 0 Å². The third-order valence-corrected chi connectivity index (χ3v) is 8.27. The fourth-order valence-corrected chi connectivity index (χ4v) is 6.06. The predicted octanol–water partition coefficient (Wildman–Crippen LogP) is 6.96. The summed E-state index contributed by atoms with van der Waals surface area (Å²) in [6, 6.07) is 14.8. The minimum atomic E-state index is -4.00. The van der Waals surface area contributed by atoms with Crippen molar-refractivity contribution < 1.29 is 13.2 Å². The van der Waals surface area contributed by atoms with Gasteiger partial charge in [0.25, 0.3) is 0 Å². The van der Waals surface area contributed by atoms with Gasteiger partial charge in [-0.3, -0.25) is 4.79 Å². The number of aryl methyl sites for hydroxylation is 2. The lowest BCUT2D eigenvalue weighted by Crippen LogP contribution is -2.37. The number of nitrogens with zero attached hydrogens (tertiary/aromatic N) is 1. The van der Waals surface area contributed by atoms with E-state index >= 15 is 0 Å². The first-order valence-electron chi connectivity index (χ1n) is 9.73. The SMILES string of the molecule is Cc1cc(Br)cc(C)c1NC(=O)CN(Cc1ccc(Cl)cc1Cl)S(=O)(=O)c1ccc(Br)cc1. The highest BCUT2D eigenvalue weighted by molar-refractivity contribution is 9.10. The van der Waals surface area contributed by atoms with Crippen molar-refractivity contribution in [2.45, 2.75) is 25.3 Å². The van der Waals surface area contributed by atoms with Gasteiger partial charge in [0.15, 0.2) is 0 Å². The van der Waals surface area contributed by atoms with Gasteiger partial charge in [0.1, 0.15) is 0 Å². The Morgan fingerprint density at radius 3 is 2.12 bits per heavy atom. The van der Waals surface area contributed by atoms with Gasteiger partial charge in [0.05, 0.1) is 11.4 Å². The molecule has 10 heteroatoms. The van der Waals surface area contributed by atoms with Crippen LogP contribution in [0.5, 0.6) is 0 Å². The van der Waals surface area contributed by atoms with E-state index in [4.69, 9.17) is 23.2 Å². The summed E-state index contributed by atoms with van der Waals surface area (Å²) >= 11 is 19.0. The minimum absolute atomic E-state index is 0.0691. The smallest absolute Gasteiger partial charge is 0.243 e. The van der Waals surface area contributed by atoms with E-state index in [-0.39, 0.29) is 11.4 Å². The first kappa shape index (κ1) is 26.2. The third-order valence-electron chi connectivity index (χ3n) is 4.90. The van der Waals surface area contributed by atoms with Crippen LogP contribution in [0, 0.1) is 13.8 Å². The largest absolute Gasteiger partial charge is 0.324 e. The Balaban J connectivity index is 1.94. The molecule has 0 fully saturated rings. The molecule has 174 valence electrons. The van der Waals surface area contributed by atoms with Gasteiger partial charge in [-0.25, -0.2) is 8.42 Å². The van der Waals surface area contributed by atoms with E-state index in [0.717, 1.165) is 24.4 Å². The zero-order valence-electron chi connectivity index (χ0n) is 17.7. The molecule has 0 unspecified atom stereocenters. The van der Waals surface area contributed by atoms with E-state index in [0.29, 0.717) is 21.3 Å². The molecule has 0 atom stereocenters. The second kappa shape index (κ2) is 10.9. The number of amides is 1. The Kier molecular flexibility index (Phi) is 8.64. The van der Waals surface area contributed by atoms with Crippen molar-refractivity contribution in [2.75, 3.05) is 11.9 Å². The lowest BCUT2D eigenvalue weighted by atomic mass is 10.1. The Bertz CT molecular complexity index is 1280. The summed E-state index contributed by atoms with van der Waals surface area (Å²) in [4.78, 5) is 13.1. The van der Waals surface area contributed by atoms with Crippen LogP contribution in [0.2, 0.25) is 10.0 Å². The van der Waals surface area contributed by atoms with Crippen molar-refractivity contribution >= 4 is 76.7 Å². The maximum atomic E-state index is 13.4. The number of halogens is 4. The van der Waals surface area contributed by atoms with E-state index in [1.807, 2.05) is 26.0 Å². The van der Waals surface area contributed by atoms with Gasteiger partial charge in [-0.05, 0) is 79.1 Å². The Hall–Kier alpha value is -1.42. The number of carbonyl (C=O) groups is 1. The molecule has 0 aliphatic carbocycles. The van der Waals surface area contributed by atoms with Gasteiger partial charge >= 0.3 is 0 Å². The summed E-state index contributed by atoms with van der Waals surface area (Å²) in [6.07, 6.45) is 0. The fourth-order valence-electron chi connectivity index (χ4n) is 3.27. The lowest BCUT2D eigenvalue weighted by molar-refractivity contribution is -0.116. The highest BCUT2D eigenvalue weighted by atomic mass is 79.9. The van der Waals surface area contributed by atoms with Crippen LogP contribution in [-0.2, 0) is 21.4 Å². The summed E-state index contributed by atoms with van der Waals surface area (Å²) in [5, 5.41) is 3.60. The van der Waals surface area contributed by atoms with Crippen LogP contribution in [0.25, 0.3) is 0 Å². The monoisotopic (exact) mass is 632 g/mol. The average molecular weight is 635 g/mol. The van der Waals surface area contributed by atoms with Gasteiger partial charge in [-0.1, -0.05) is 61.1 Å². The van der Waals surface area contributed by atoms with Crippen molar-refractivity contribution in [3.05, 3.63) is 90.3 Å². The molecule has 0 aromatic heterocycles. The second-order valence-corrected chi connectivity index (χ2v) is 12.0. The van der Waals surface area contributed by atoms with Crippen LogP contribution in [0.15, 0.2) is 68.4 Å². The fraction of sp³-hybridized carbons (Fsp3) is 0.174. The van der Waals surface area contributed by atoms with Gasteiger partial charge in [0.2, 0.25) is 15.9 Å². The van der Waals surface area contributed by atoms with Gasteiger partial charge < -0.3 is 5.32 Å². The van der Waals surface area contributed by atoms with E-state index in [9.17, 15) is 13.2 Å². The van der Waals surface area contributed by atoms with Crippen LogP contribution in [-0.4, -0.2) is 25.2 Å². The van der Waals surface area contributed by atoms with Crippen molar-refractivity contribution in [3.63, 3.8) is 0 Å². The van der Waals surface area contributed by atoms with Crippen molar-refractivity contribution in [1.29, 1.82) is 0 Å². The molecule has 0 spiro atoms. The molecular weight excluding hydrogens is 615 g/mol. The van der Waals surface area contributed by atoms with Gasteiger partial charge in [0, 0.05) is 31.2 Å². The summed E-state index contributed by atoms with van der Waals surface area (Å²) in [6.45, 7) is 3.25. The molecule has 0 saturated carbocycles. The molecule has 0 aliphatic heterocycles. The molecule has 0 radical (unpaired) electrons. The average Bonchev–Trinajstić information content (AvgIpc) is 2.72. The lowest BCUT2D eigenvalue weighted by Gasteiger charge is -2.23. The van der Waals surface area contributed by atoms with E-state index in [1.165, 1.54) is 18.2 Å². The molecule has 1 amide bonds. The first-order valence-corrected chi connectivity index (χ1v) is 13.5. The van der Waals surface area contributed by atoms with Crippen molar-refractivity contribution in [2.24, 2.45) is 0 Å². The Morgan fingerprint density at radius 2 is 1.55 bits per heavy atom. The summed E-state index contributed by atoms with van der Waals surface area (Å²) in [7, 11) is -4.00. The molecule has 3 aromatic rings. The number of carbonyl (C=O) groups excluding carboxylic acids is 1. The number of nitrogens with one attached hydrogen (secondary N) is 1. The van der Waals surface area contributed by atoms with E-state index < -0.39 is 22.5 Å². The molecule has 0 heterocycles. The number of anilines is 1. The molecule has 3 aromatic carbocycles. The van der Waals surface area contributed by atoms with Crippen LogP contribution in [0.3, 0.4) is 0 Å². The quantitative estimate of drug-likeness (QED) is 0.305. The number of rotatable bonds is 7. The number of hydrogen-bond acceptors (Lipinski definition) is 3. The zero-order chi connectivity index (χ0) is 24.3. The predicted molar refractivity (Wildman–Crippen MR) is 140 cm³/mol.